The SMILES string of the molecule is Cc1c(C)c2ccc(OCc3n[nH]c(=S)n3-c3ccc(Cl)cc3)cc2oc1=O. The lowest BCUT2D eigenvalue weighted by molar-refractivity contribution is 0.293. The molecular weight excluding hydrogens is 398 g/mol. The lowest BCUT2D eigenvalue weighted by Crippen LogP contribution is -2.07. The van der Waals surface area contributed by atoms with E-state index in [2.05, 4.69) is 10.2 Å². The van der Waals surface area contributed by atoms with Crippen LogP contribution in [0.5, 0.6) is 5.75 Å². The molecule has 28 heavy (non-hydrogen) atoms. The van der Waals surface area contributed by atoms with Crippen molar-refractivity contribution in [1.29, 1.82) is 0 Å². The highest BCUT2D eigenvalue weighted by molar-refractivity contribution is 7.71. The van der Waals surface area contributed by atoms with E-state index >= 15 is 0 Å². The molecular formula is C20H16ClN3O3S. The molecule has 2 heterocycles. The van der Waals surface area contributed by atoms with Crippen molar-refractivity contribution in [2.75, 3.05) is 0 Å². The van der Waals surface area contributed by atoms with Crippen molar-refractivity contribution >= 4 is 34.8 Å². The smallest absolute Gasteiger partial charge is 0.339 e. The van der Waals surface area contributed by atoms with Crippen molar-refractivity contribution < 1.29 is 9.15 Å². The average Bonchev–Trinajstić information content (AvgIpc) is 3.05. The van der Waals surface area contributed by atoms with Crippen LogP contribution in [0.25, 0.3) is 16.7 Å². The van der Waals surface area contributed by atoms with Gasteiger partial charge in [-0.2, -0.15) is 5.10 Å². The summed E-state index contributed by atoms with van der Waals surface area (Å²) in [5, 5.41) is 8.55. The molecule has 4 aromatic rings. The Kier molecular flexibility index (Phi) is 4.78. The van der Waals surface area contributed by atoms with Crippen molar-refractivity contribution in [3.63, 3.8) is 0 Å². The van der Waals surface area contributed by atoms with Crippen molar-refractivity contribution in [3.05, 3.63) is 79.6 Å². The lowest BCUT2D eigenvalue weighted by Gasteiger charge is -2.10. The summed E-state index contributed by atoms with van der Waals surface area (Å²) >= 11 is 11.3. The van der Waals surface area contributed by atoms with E-state index in [1.54, 1.807) is 29.7 Å². The molecule has 0 bridgehead atoms. The average molecular weight is 414 g/mol. The molecule has 0 spiro atoms. The zero-order valence-corrected chi connectivity index (χ0v) is 16.7. The number of benzene rings is 2. The number of aromatic nitrogens is 3. The summed E-state index contributed by atoms with van der Waals surface area (Å²) < 4.78 is 13.5. The second-order valence-electron chi connectivity index (χ2n) is 6.34. The normalized spacial score (nSPS) is 11.1. The number of aryl methyl sites for hydroxylation is 1. The summed E-state index contributed by atoms with van der Waals surface area (Å²) in [7, 11) is 0. The first-order chi connectivity index (χ1) is 13.4. The summed E-state index contributed by atoms with van der Waals surface area (Å²) in [6.07, 6.45) is 0. The fourth-order valence-electron chi connectivity index (χ4n) is 2.95. The standard InChI is InChI=1S/C20H16ClN3O3S/c1-11-12(2)19(25)27-17-9-15(7-8-16(11)17)26-10-18-22-23-20(28)24(18)14-5-3-13(21)4-6-14/h3-9H,10H2,1-2H3,(H,23,28). The number of fused-ring (bicyclic) bond motifs is 1. The van der Waals surface area contributed by atoms with Crippen LogP contribution < -0.4 is 10.4 Å². The summed E-state index contributed by atoms with van der Waals surface area (Å²) in [5.41, 5.74) is 2.49. The van der Waals surface area contributed by atoms with Crippen LogP contribution in [0.3, 0.4) is 0 Å². The molecule has 1 N–H and O–H groups in total. The molecule has 0 amide bonds. The number of nitrogens with zero attached hydrogens (tertiary/aromatic N) is 2. The van der Waals surface area contributed by atoms with E-state index in [0.29, 0.717) is 32.5 Å². The van der Waals surface area contributed by atoms with E-state index in [0.717, 1.165) is 16.6 Å². The van der Waals surface area contributed by atoms with E-state index in [-0.39, 0.29) is 12.2 Å². The highest BCUT2D eigenvalue weighted by Gasteiger charge is 2.11. The van der Waals surface area contributed by atoms with Crippen molar-refractivity contribution in [1.82, 2.24) is 14.8 Å². The van der Waals surface area contributed by atoms with Gasteiger partial charge in [-0.1, -0.05) is 11.6 Å². The van der Waals surface area contributed by atoms with Crippen LogP contribution in [0.4, 0.5) is 0 Å². The van der Waals surface area contributed by atoms with Gasteiger partial charge in [0.1, 0.15) is 17.9 Å². The van der Waals surface area contributed by atoms with Gasteiger partial charge in [0, 0.05) is 27.7 Å². The first-order valence-corrected chi connectivity index (χ1v) is 9.32. The molecule has 0 saturated carbocycles. The number of ether oxygens (including phenoxy) is 1. The quantitative estimate of drug-likeness (QED) is 0.381. The van der Waals surface area contributed by atoms with Crippen molar-refractivity contribution in [2.45, 2.75) is 20.5 Å². The molecule has 2 aromatic heterocycles. The third-order valence-corrected chi connectivity index (χ3v) is 5.15. The Hall–Kier alpha value is -2.90. The molecule has 0 fully saturated rings. The zero-order chi connectivity index (χ0) is 19.8. The Morgan fingerprint density at radius 2 is 1.93 bits per heavy atom. The van der Waals surface area contributed by atoms with E-state index in [4.69, 9.17) is 33.0 Å². The van der Waals surface area contributed by atoms with Gasteiger partial charge in [-0.15, -0.1) is 0 Å². The minimum Gasteiger partial charge on any atom is -0.485 e. The maximum atomic E-state index is 11.9. The summed E-state index contributed by atoms with van der Waals surface area (Å²) in [6.45, 7) is 3.83. The Morgan fingerprint density at radius 1 is 1.18 bits per heavy atom. The molecule has 8 heteroatoms. The first kappa shape index (κ1) is 18.5. The monoisotopic (exact) mass is 413 g/mol. The summed E-state index contributed by atoms with van der Waals surface area (Å²) in [6, 6.07) is 12.7. The van der Waals surface area contributed by atoms with Crippen LogP contribution in [0.1, 0.15) is 17.0 Å². The number of hydrogen-bond donors (Lipinski definition) is 1. The second-order valence-corrected chi connectivity index (χ2v) is 7.17. The fraction of sp³-hybridized carbons (Fsp3) is 0.150. The van der Waals surface area contributed by atoms with Crippen LogP contribution in [-0.4, -0.2) is 14.8 Å². The number of halogens is 1. The fourth-order valence-corrected chi connectivity index (χ4v) is 3.33. The number of nitrogens with one attached hydrogen (secondary N) is 1. The molecule has 0 aliphatic heterocycles. The highest BCUT2D eigenvalue weighted by atomic mass is 35.5. The van der Waals surface area contributed by atoms with Gasteiger partial charge in [-0.25, -0.2) is 4.79 Å². The zero-order valence-electron chi connectivity index (χ0n) is 15.2. The highest BCUT2D eigenvalue weighted by Crippen LogP contribution is 2.24. The summed E-state index contributed by atoms with van der Waals surface area (Å²) in [5.74, 6) is 1.17. The first-order valence-electron chi connectivity index (χ1n) is 8.53. The molecule has 2 aromatic carbocycles. The van der Waals surface area contributed by atoms with Crippen LogP contribution in [-0.2, 0) is 6.61 Å². The van der Waals surface area contributed by atoms with E-state index < -0.39 is 0 Å². The third-order valence-electron chi connectivity index (χ3n) is 4.62. The molecule has 0 radical (unpaired) electrons. The molecule has 0 unspecified atom stereocenters. The maximum absolute atomic E-state index is 11.9. The number of hydrogen-bond acceptors (Lipinski definition) is 5. The molecule has 0 atom stereocenters. The van der Waals surface area contributed by atoms with E-state index in [1.165, 1.54) is 0 Å². The van der Waals surface area contributed by atoms with Crippen LogP contribution in [0.15, 0.2) is 51.7 Å². The maximum Gasteiger partial charge on any atom is 0.339 e. The minimum absolute atomic E-state index is 0.177. The van der Waals surface area contributed by atoms with Crippen molar-refractivity contribution in [3.8, 4) is 11.4 Å². The third kappa shape index (κ3) is 3.34. The largest absolute Gasteiger partial charge is 0.485 e. The van der Waals surface area contributed by atoms with Gasteiger partial charge in [0.25, 0.3) is 0 Å². The predicted octanol–water partition coefficient (Wildman–Crippen LogP) is 4.89. The second kappa shape index (κ2) is 7.26. The topological polar surface area (TPSA) is 73.0 Å². The molecule has 0 aliphatic rings. The number of rotatable bonds is 4. The Labute approximate surface area is 170 Å². The Bertz CT molecular complexity index is 1290. The van der Waals surface area contributed by atoms with Gasteiger partial charge in [0.2, 0.25) is 0 Å². The van der Waals surface area contributed by atoms with E-state index in [9.17, 15) is 4.79 Å². The van der Waals surface area contributed by atoms with Crippen molar-refractivity contribution in [2.24, 2.45) is 0 Å². The number of aromatic amines is 1. The van der Waals surface area contributed by atoms with Gasteiger partial charge < -0.3 is 9.15 Å². The van der Waals surface area contributed by atoms with Gasteiger partial charge in [-0.3, -0.25) is 9.67 Å². The Morgan fingerprint density at radius 3 is 2.68 bits per heavy atom. The van der Waals surface area contributed by atoms with Crippen LogP contribution in [0, 0.1) is 18.6 Å². The molecule has 6 nitrogen and oxygen atoms in total. The van der Waals surface area contributed by atoms with Gasteiger partial charge in [-0.05, 0) is 68.0 Å². The van der Waals surface area contributed by atoms with Crippen LogP contribution in [0.2, 0.25) is 5.02 Å². The van der Waals surface area contributed by atoms with Gasteiger partial charge >= 0.3 is 5.63 Å². The molecule has 0 aliphatic carbocycles. The van der Waals surface area contributed by atoms with Gasteiger partial charge in [0.05, 0.1) is 0 Å². The van der Waals surface area contributed by atoms with E-state index in [1.807, 2.05) is 31.2 Å². The minimum atomic E-state index is -0.342. The molecule has 142 valence electrons. The Balaban J connectivity index is 1.64. The lowest BCUT2D eigenvalue weighted by atomic mass is 10.1. The number of H-pyrrole nitrogens is 1. The van der Waals surface area contributed by atoms with Gasteiger partial charge in [0.15, 0.2) is 10.6 Å². The van der Waals surface area contributed by atoms with Crippen LogP contribution >= 0.6 is 23.8 Å². The predicted molar refractivity (Wildman–Crippen MR) is 110 cm³/mol. The molecule has 4 rings (SSSR count). The summed E-state index contributed by atoms with van der Waals surface area (Å²) in [4.78, 5) is 11.9. The molecule has 0 saturated heterocycles.